The third kappa shape index (κ3) is 3.87. The Morgan fingerprint density at radius 3 is 2.52 bits per heavy atom. The zero-order valence-electron chi connectivity index (χ0n) is 18.4. The number of carbonyl (C=O) groups excluding carboxylic acids is 1. The summed E-state index contributed by atoms with van der Waals surface area (Å²) in [4.78, 5) is 23.9. The van der Waals surface area contributed by atoms with Crippen LogP contribution in [0.2, 0.25) is 0 Å². The number of hydrogen-bond acceptors (Lipinski definition) is 4. The number of aromatic nitrogens is 4. The normalized spacial score (nSPS) is 25.9. The van der Waals surface area contributed by atoms with Crippen LogP contribution in [0.5, 0.6) is 0 Å². The molecule has 3 heterocycles. The number of hydrogen-bond donors (Lipinski definition) is 1. The summed E-state index contributed by atoms with van der Waals surface area (Å²) in [7, 11) is 0. The van der Waals surface area contributed by atoms with E-state index in [1.54, 1.807) is 23.1 Å². The van der Waals surface area contributed by atoms with E-state index in [2.05, 4.69) is 56.8 Å². The maximum absolute atomic E-state index is 13.3. The van der Waals surface area contributed by atoms with Gasteiger partial charge in [0.05, 0.1) is 5.69 Å². The number of rotatable bonds is 2. The number of carbonyl (C=O) groups is 1. The number of nitrogens with one attached hydrogen (secondary N) is 1. The lowest BCUT2D eigenvalue weighted by Gasteiger charge is -2.39. The van der Waals surface area contributed by atoms with Gasteiger partial charge >= 0.3 is 6.03 Å². The summed E-state index contributed by atoms with van der Waals surface area (Å²) in [5.74, 6) is 1.06. The maximum Gasteiger partial charge on any atom is 0.323 e. The second-order valence-corrected chi connectivity index (χ2v) is 10.9. The highest BCUT2D eigenvalue weighted by molar-refractivity contribution is 5.89. The van der Waals surface area contributed by atoms with Gasteiger partial charge in [0.2, 0.25) is 0 Å². The van der Waals surface area contributed by atoms with E-state index in [1.165, 1.54) is 0 Å². The number of fused-ring (bicyclic) bond motifs is 2. The Kier molecular flexibility index (Phi) is 4.48. The fourth-order valence-electron chi connectivity index (χ4n) is 5.27. The second-order valence-electron chi connectivity index (χ2n) is 10.9. The molecule has 7 nitrogen and oxygen atoms in total. The minimum absolute atomic E-state index is 0.0611. The molecule has 2 aliphatic rings. The van der Waals surface area contributed by atoms with E-state index in [9.17, 15) is 4.79 Å². The van der Waals surface area contributed by atoms with Gasteiger partial charge in [0, 0.05) is 36.5 Å². The van der Waals surface area contributed by atoms with Crippen molar-refractivity contribution in [2.75, 3.05) is 11.9 Å². The largest absolute Gasteiger partial charge is 0.323 e. The van der Waals surface area contributed by atoms with E-state index in [0.717, 1.165) is 31.5 Å². The van der Waals surface area contributed by atoms with Crippen molar-refractivity contribution in [2.24, 2.45) is 10.8 Å². The summed E-state index contributed by atoms with van der Waals surface area (Å²) in [5, 5.41) is 7.80. The summed E-state index contributed by atoms with van der Waals surface area (Å²) in [6, 6.07) is 3.93. The van der Waals surface area contributed by atoms with Crippen LogP contribution in [-0.4, -0.2) is 43.3 Å². The lowest BCUT2D eigenvalue weighted by Crippen LogP contribution is -2.40. The molecule has 1 aliphatic heterocycles. The third-order valence-corrected chi connectivity index (χ3v) is 6.13. The van der Waals surface area contributed by atoms with Crippen molar-refractivity contribution in [1.29, 1.82) is 0 Å². The topological polar surface area (TPSA) is 75.9 Å². The average Bonchev–Trinajstić information content (AvgIpc) is 3.13. The molecule has 2 fully saturated rings. The van der Waals surface area contributed by atoms with E-state index in [0.29, 0.717) is 11.8 Å². The third-order valence-electron chi connectivity index (χ3n) is 6.13. The van der Waals surface area contributed by atoms with Crippen LogP contribution in [0.25, 0.3) is 5.95 Å². The van der Waals surface area contributed by atoms with Gasteiger partial charge in [-0.2, -0.15) is 9.78 Å². The van der Waals surface area contributed by atoms with Gasteiger partial charge in [-0.05, 0) is 36.2 Å². The van der Waals surface area contributed by atoms with Gasteiger partial charge in [0.25, 0.3) is 5.95 Å². The van der Waals surface area contributed by atoms with Gasteiger partial charge in [-0.3, -0.25) is 5.32 Å². The highest BCUT2D eigenvalue weighted by Crippen LogP contribution is 2.52. The van der Waals surface area contributed by atoms with Crippen LogP contribution in [0.4, 0.5) is 10.6 Å². The van der Waals surface area contributed by atoms with Crippen molar-refractivity contribution < 1.29 is 4.79 Å². The molecular formula is C22H32N6O. The Hall–Kier alpha value is -2.44. The van der Waals surface area contributed by atoms with Crippen LogP contribution in [0.15, 0.2) is 24.5 Å². The molecule has 2 atom stereocenters. The molecule has 1 saturated heterocycles. The van der Waals surface area contributed by atoms with E-state index in [-0.39, 0.29) is 28.3 Å². The predicted octanol–water partition coefficient (Wildman–Crippen LogP) is 4.39. The van der Waals surface area contributed by atoms with Gasteiger partial charge in [-0.25, -0.2) is 14.8 Å². The van der Waals surface area contributed by atoms with Crippen LogP contribution in [0.1, 0.15) is 66.5 Å². The van der Waals surface area contributed by atoms with Gasteiger partial charge in [0.15, 0.2) is 0 Å². The molecule has 2 unspecified atom stereocenters. The van der Waals surface area contributed by atoms with Gasteiger partial charge in [-0.15, -0.1) is 0 Å². The molecule has 1 saturated carbocycles. The standard InChI is InChI=1S/C22H32N6O/c1-20(2,3)16-10-17(28(26-16)18-23-8-7-9-24-18)25-19(29)27-14-22(6)12-15(27)11-21(4,5)13-22/h7-10,15H,11-14H2,1-6H3,(H,25,29). The highest BCUT2D eigenvalue weighted by atomic mass is 16.2. The molecule has 1 N–H and O–H groups in total. The van der Waals surface area contributed by atoms with Crippen molar-refractivity contribution in [3.63, 3.8) is 0 Å². The number of urea groups is 1. The van der Waals surface area contributed by atoms with Crippen molar-refractivity contribution >= 4 is 11.8 Å². The monoisotopic (exact) mass is 396 g/mol. The molecule has 2 aromatic rings. The van der Waals surface area contributed by atoms with Crippen molar-refractivity contribution in [3.8, 4) is 5.95 Å². The Labute approximate surface area is 172 Å². The zero-order valence-corrected chi connectivity index (χ0v) is 18.4. The Morgan fingerprint density at radius 1 is 1.17 bits per heavy atom. The van der Waals surface area contributed by atoms with E-state index < -0.39 is 0 Å². The van der Waals surface area contributed by atoms with Crippen LogP contribution in [0.3, 0.4) is 0 Å². The second kappa shape index (κ2) is 6.54. The molecule has 0 radical (unpaired) electrons. The first-order valence-corrected chi connectivity index (χ1v) is 10.4. The Morgan fingerprint density at radius 2 is 1.86 bits per heavy atom. The fourth-order valence-corrected chi connectivity index (χ4v) is 5.27. The molecule has 2 bridgehead atoms. The quantitative estimate of drug-likeness (QED) is 0.817. The van der Waals surface area contributed by atoms with Gasteiger partial charge < -0.3 is 4.90 Å². The molecule has 29 heavy (non-hydrogen) atoms. The fraction of sp³-hybridized carbons (Fsp3) is 0.636. The maximum atomic E-state index is 13.3. The average molecular weight is 397 g/mol. The van der Waals surface area contributed by atoms with Gasteiger partial charge in [-0.1, -0.05) is 41.5 Å². The first-order chi connectivity index (χ1) is 13.5. The molecular weight excluding hydrogens is 364 g/mol. The van der Waals surface area contributed by atoms with E-state index in [4.69, 9.17) is 5.10 Å². The molecule has 1 aliphatic carbocycles. The SMILES string of the molecule is CC1(C)CC2CC(C)(CN2C(=O)Nc2cc(C(C)(C)C)nn2-c2ncccn2)C1. The first kappa shape index (κ1) is 19.9. The minimum Gasteiger partial charge on any atom is -0.321 e. The van der Waals surface area contributed by atoms with E-state index in [1.807, 2.05) is 11.0 Å². The van der Waals surface area contributed by atoms with E-state index >= 15 is 0 Å². The predicted molar refractivity (Wildman–Crippen MR) is 113 cm³/mol. The lowest BCUT2D eigenvalue weighted by atomic mass is 9.65. The molecule has 156 valence electrons. The van der Waals surface area contributed by atoms with Crippen molar-refractivity contribution in [1.82, 2.24) is 24.6 Å². The summed E-state index contributed by atoms with van der Waals surface area (Å²) < 4.78 is 1.63. The van der Waals surface area contributed by atoms with Crippen LogP contribution >= 0.6 is 0 Å². The van der Waals surface area contributed by atoms with Gasteiger partial charge in [0.1, 0.15) is 5.82 Å². The van der Waals surface area contributed by atoms with Crippen LogP contribution < -0.4 is 5.32 Å². The Balaban J connectivity index is 1.63. The highest BCUT2D eigenvalue weighted by Gasteiger charge is 2.51. The number of amides is 2. The number of anilines is 1. The summed E-state index contributed by atoms with van der Waals surface area (Å²) in [5.41, 5.74) is 1.20. The smallest absolute Gasteiger partial charge is 0.321 e. The molecule has 0 spiro atoms. The Bertz CT molecular complexity index is 913. The lowest BCUT2D eigenvalue weighted by molar-refractivity contribution is 0.130. The molecule has 7 heteroatoms. The summed E-state index contributed by atoms with van der Waals surface area (Å²) in [6.45, 7) is 14.0. The van der Waals surface area contributed by atoms with Crippen LogP contribution in [-0.2, 0) is 5.41 Å². The first-order valence-electron chi connectivity index (χ1n) is 10.4. The molecule has 0 aromatic carbocycles. The number of nitrogens with zero attached hydrogens (tertiary/aromatic N) is 5. The van der Waals surface area contributed by atoms with Crippen molar-refractivity contribution in [3.05, 3.63) is 30.2 Å². The summed E-state index contributed by atoms with van der Waals surface area (Å²) in [6.07, 6.45) is 6.64. The minimum atomic E-state index is -0.152. The zero-order chi connectivity index (χ0) is 21.0. The summed E-state index contributed by atoms with van der Waals surface area (Å²) >= 11 is 0. The van der Waals surface area contributed by atoms with Crippen molar-refractivity contribution in [2.45, 2.75) is 72.3 Å². The molecule has 4 rings (SSSR count). The number of likely N-dealkylation sites (tertiary alicyclic amines) is 1. The molecule has 2 aromatic heterocycles. The molecule has 2 amide bonds. The van der Waals surface area contributed by atoms with Crippen LogP contribution in [0, 0.1) is 10.8 Å².